The van der Waals surface area contributed by atoms with Crippen molar-refractivity contribution in [3.05, 3.63) is 99.0 Å². The van der Waals surface area contributed by atoms with Gasteiger partial charge < -0.3 is 4.90 Å². The Morgan fingerprint density at radius 3 is 2.34 bits per heavy atom. The highest BCUT2D eigenvalue weighted by Crippen LogP contribution is 2.42. The van der Waals surface area contributed by atoms with Crippen molar-refractivity contribution in [2.24, 2.45) is 0 Å². The summed E-state index contributed by atoms with van der Waals surface area (Å²) in [4.78, 5) is 4.93. The first-order valence-electron chi connectivity index (χ1n) is 12.0. The normalized spacial score (nSPS) is 25.0. The first-order valence-corrected chi connectivity index (χ1v) is 13.1. The summed E-state index contributed by atoms with van der Waals surface area (Å²) in [7, 11) is 0. The van der Waals surface area contributed by atoms with E-state index in [0.717, 1.165) is 62.1 Å². The second kappa shape index (κ2) is 10.3. The van der Waals surface area contributed by atoms with Crippen LogP contribution in [0.25, 0.3) is 0 Å². The van der Waals surface area contributed by atoms with Crippen molar-refractivity contribution in [3.8, 4) is 6.07 Å². The van der Waals surface area contributed by atoms with Crippen LogP contribution >= 0.6 is 34.8 Å². The van der Waals surface area contributed by atoms with Gasteiger partial charge in [-0.25, -0.2) is 0 Å². The Labute approximate surface area is 222 Å². The summed E-state index contributed by atoms with van der Waals surface area (Å²) < 4.78 is 0. The predicted octanol–water partition coefficient (Wildman–Crippen LogP) is 7.51. The van der Waals surface area contributed by atoms with Gasteiger partial charge in [0.2, 0.25) is 0 Å². The van der Waals surface area contributed by atoms with Crippen molar-refractivity contribution in [3.63, 3.8) is 0 Å². The summed E-state index contributed by atoms with van der Waals surface area (Å²) in [6.45, 7) is 2.61. The standard InChI is InChI=1S/C29H26Cl3N3/c30-23-8-6-21(7-9-23)28-19-34(16-17-35(28)27-11-10-24(31)18-26(27)32)25-12-14-29(20-33,15-13-25)22-4-2-1-3-5-22/h1-6,8,10-11,18,25,28H,12-17,19H2. The summed E-state index contributed by atoms with van der Waals surface area (Å²) in [5.74, 6) is 0. The highest BCUT2D eigenvalue weighted by molar-refractivity contribution is 6.36. The second-order valence-corrected chi connectivity index (χ2v) is 10.7. The van der Waals surface area contributed by atoms with Gasteiger partial charge in [-0.2, -0.15) is 5.26 Å². The van der Waals surface area contributed by atoms with Gasteiger partial charge in [0, 0.05) is 36.3 Å². The molecule has 0 spiro atoms. The summed E-state index contributed by atoms with van der Waals surface area (Å²) in [5.41, 5.74) is 2.78. The number of rotatable bonds is 4. The number of benzene rings is 2. The third-order valence-corrected chi connectivity index (χ3v) is 8.35. The van der Waals surface area contributed by atoms with Crippen LogP contribution in [-0.2, 0) is 5.41 Å². The maximum absolute atomic E-state index is 10.1. The lowest BCUT2D eigenvalue weighted by atomic mass is 9.69. The van der Waals surface area contributed by atoms with E-state index in [4.69, 9.17) is 34.8 Å². The van der Waals surface area contributed by atoms with E-state index in [-0.39, 0.29) is 11.5 Å². The molecule has 3 aromatic carbocycles. The van der Waals surface area contributed by atoms with E-state index in [1.165, 1.54) is 0 Å². The molecule has 0 radical (unpaired) electrons. The molecule has 1 aliphatic heterocycles. The Balaban J connectivity index is 1.37. The van der Waals surface area contributed by atoms with E-state index in [9.17, 15) is 5.26 Å². The molecule has 1 aliphatic carbocycles. The molecule has 2 fully saturated rings. The van der Waals surface area contributed by atoms with Gasteiger partial charge in [0.15, 0.2) is 0 Å². The Morgan fingerprint density at radius 1 is 0.914 bits per heavy atom. The van der Waals surface area contributed by atoms with Crippen LogP contribution in [0.1, 0.15) is 42.9 Å². The Hall–Kier alpha value is -2.40. The molecule has 1 saturated heterocycles. The van der Waals surface area contributed by atoms with Gasteiger partial charge in [-0.05, 0) is 67.6 Å². The zero-order chi connectivity index (χ0) is 24.4. The largest absolute Gasteiger partial charge is 0.360 e. The molecule has 0 N–H and O–H groups in total. The summed E-state index contributed by atoms with van der Waals surface area (Å²) >= 11 is 18.9. The second-order valence-electron chi connectivity index (χ2n) is 9.48. The summed E-state index contributed by atoms with van der Waals surface area (Å²) in [6.07, 6.45) is 3.78. The topological polar surface area (TPSA) is 30.3 Å². The summed E-state index contributed by atoms with van der Waals surface area (Å²) in [5, 5.41) is 11.9. The third kappa shape index (κ3) is 4.97. The number of nitrogens with zero attached hydrogens (tertiary/aromatic N) is 3. The van der Waals surface area contributed by atoms with Crippen molar-refractivity contribution in [1.29, 1.82) is 5.26 Å². The molecule has 5 rings (SSSR count). The Morgan fingerprint density at radius 2 is 1.69 bits per heavy atom. The Kier molecular flexibility index (Phi) is 7.15. The van der Waals surface area contributed by atoms with E-state index in [1.54, 1.807) is 6.07 Å². The predicted molar refractivity (Wildman–Crippen MR) is 143 cm³/mol. The number of hydrogen-bond acceptors (Lipinski definition) is 3. The molecule has 1 atom stereocenters. The highest BCUT2D eigenvalue weighted by Gasteiger charge is 2.40. The molecular weight excluding hydrogens is 497 g/mol. The van der Waals surface area contributed by atoms with Crippen LogP contribution in [-0.4, -0.2) is 30.6 Å². The minimum atomic E-state index is -0.380. The molecule has 6 heteroatoms. The highest BCUT2D eigenvalue weighted by atomic mass is 35.5. The zero-order valence-electron chi connectivity index (χ0n) is 19.4. The average molecular weight is 523 g/mol. The molecular formula is C29H26Cl3N3. The van der Waals surface area contributed by atoms with Gasteiger partial charge in [0.05, 0.1) is 33.3 Å². The Bertz CT molecular complexity index is 1200. The molecule has 1 unspecified atom stereocenters. The molecule has 2 aliphatic rings. The first-order chi connectivity index (χ1) is 17.0. The van der Waals surface area contributed by atoms with Crippen molar-refractivity contribution in [1.82, 2.24) is 4.90 Å². The van der Waals surface area contributed by atoms with Gasteiger partial charge in [-0.1, -0.05) is 71.2 Å². The molecule has 3 aromatic rings. The zero-order valence-corrected chi connectivity index (χ0v) is 21.6. The van der Waals surface area contributed by atoms with E-state index in [0.29, 0.717) is 21.1 Å². The van der Waals surface area contributed by atoms with Crippen LogP contribution in [0.4, 0.5) is 5.69 Å². The number of hydrogen-bond donors (Lipinski definition) is 0. The van der Waals surface area contributed by atoms with Gasteiger partial charge in [-0.3, -0.25) is 4.90 Å². The quantitative estimate of drug-likeness (QED) is 0.355. The third-order valence-electron chi connectivity index (χ3n) is 7.59. The number of anilines is 1. The van der Waals surface area contributed by atoms with E-state index >= 15 is 0 Å². The number of piperazine rings is 1. The minimum Gasteiger partial charge on any atom is -0.360 e. The molecule has 0 aromatic heterocycles. The van der Waals surface area contributed by atoms with Gasteiger partial charge in [0.1, 0.15) is 0 Å². The van der Waals surface area contributed by atoms with Crippen LogP contribution in [0, 0.1) is 23.5 Å². The molecule has 178 valence electrons. The lowest BCUT2D eigenvalue weighted by Gasteiger charge is -2.48. The fraction of sp³-hybridized carbons (Fsp3) is 0.345. The maximum atomic E-state index is 10.1. The molecule has 1 saturated carbocycles. The van der Waals surface area contributed by atoms with Crippen molar-refractivity contribution >= 4 is 40.5 Å². The van der Waals surface area contributed by atoms with Crippen molar-refractivity contribution < 1.29 is 0 Å². The van der Waals surface area contributed by atoms with Crippen molar-refractivity contribution in [2.45, 2.75) is 43.2 Å². The van der Waals surface area contributed by atoms with Crippen molar-refractivity contribution in [2.75, 3.05) is 24.5 Å². The lowest BCUT2D eigenvalue weighted by molar-refractivity contribution is 0.113. The van der Waals surface area contributed by atoms with Crippen LogP contribution in [0.5, 0.6) is 0 Å². The number of nitriles is 1. The monoisotopic (exact) mass is 521 g/mol. The van der Waals surface area contributed by atoms with Crippen LogP contribution < -0.4 is 4.90 Å². The van der Waals surface area contributed by atoms with E-state index in [2.05, 4.69) is 40.1 Å². The smallest absolute Gasteiger partial charge is 0.0908 e. The van der Waals surface area contributed by atoms with E-state index in [1.807, 2.05) is 42.5 Å². The molecule has 0 bridgehead atoms. The van der Waals surface area contributed by atoms with Crippen LogP contribution in [0.15, 0.2) is 60.7 Å². The minimum absolute atomic E-state index is 0.0627. The number of halogens is 3. The molecule has 35 heavy (non-hydrogen) atoms. The molecule has 1 heterocycles. The molecule has 0 amide bonds. The van der Waals surface area contributed by atoms with Crippen LogP contribution in [0.2, 0.25) is 15.1 Å². The maximum Gasteiger partial charge on any atom is 0.0908 e. The fourth-order valence-corrected chi connectivity index (χ4v) is 6.29. The van der Waals surface area contributed by atoms with Crippen LogP contribution in [0.3, 0.4) is 0 Å². The van der Waals surface area contributed by atoms with Gasteiger partial charge in [0.25, 0.3) is 0 Å². The average Bonchev–Trinajstić information content (AvgIpc) is 2.90. The first kappa shape index (κ1) is 24.3. The molecule has 3 nitrogen and oxygen atoms in total. The lowest BCUT2D eigenvalue weighted by Crippen LogP contribution is -2.53. The van der Waals surface area contributed by atoms with Gasteiger partial charge >= 0.3 is 0 Å². The SMILES string of the molecule is N#CC1(c2ccccc2)CCC(N2CCN(c3ccc(Cl)cc3Cl)C(c3c#cc(Cl)cc3)C2)CC1. The fourth-order valence-electron chi connectivity index (χ4n) is 5.66. The van der Waals surface area contributed by atoms with E-state index < -0.39 is 0 Å². The van der Waals surface area contributed by atoms with Gasteiger partial charge in [-0.15, -0.1) is 0 Å². The summed E-state index contributed by atoms with van der Waals surface area (Å²) in [6, 6.07) is 29.3.